The molecule has 2 aromatic carbocycles. The van der Waals surface area contributed by atoms with Crippen molar-refractivity contribution in [3.8, 4) is 17.2 Å². The van der Waals surface area contributed by atoms with Gasteiger partial charge in [-0.25, -0.2) is 0 Å². The highest BCUT2D eigenvalue weighted by molar-refractivity contribution is 6.76. The van der Waals surface area contributed by atoms with Crippen molar-refractivity contribution >= 4 is 8.07 Å². The Bertz CT molecular complexity index is 657. The maximum atomic E-state index is 8.86. The van der Waals surface area contributed by atoms with Crippen LogP contribution in [0.25, 0.3) is 11.1 Å². The summed E-state index contributed by atoms with van der Waals surface area (Å²) in [7, 11) is -0.844. The van der Waals surface area contributed by atoms with Gasteiger partial charge in [0.25, 0.3) is 0 Å². The molecule has 0 radical (unpaired) electrons. The average Bonchev–Trinajstić information content (AvgIpc) is 2.58. The summed E-state index contributed by atoms with van der Waals surface area (Å²) in [5, 5.41) is 8.86. The van der Waals surface area contributed by atoms with Crippen LogP contribution in [0.1, 0.15) is 36.8 Å². The Morgan fingerprint density at radius 3 is 1.83 bits per heavy atom. The van der Waals surface area contributed by atoms with Gasteiger partial charge in [-0.15, -0.1) is 0 Å². The van der Waals surface area contributed by atoms with E-state index in [9.17, 15) is 0 Å². The second-order valence-corrected chi connectivity index (χ2v) is 13.5. The molecule has 0 aromatic heterocycles. The third-order valence-corrected chi connectivity index (χ3v) is 6.30. The first-order valence-corrected chi connectivity index (χ1v) is 12.8. The molecular weight excluding hydrogens is 306 g/mol. The van der Waals surface area contributed by atoms with Crippen molar-refractivity contribution in [3.05, 3.63) is 59.7 Å². The summed E-state index contributed by atoms with van der Waals surface area (Å²) in [6.45, 7) is 7.38. The molecule has 0 aliphatic rings. The van der Waals surface area contributed by atoms with Crippen LogP contribution in [-0.4, -0.2) is 8.07 Å². The summed E-state index contributed by atoms with van der Waals surface area (Å²) in [6.07, 6.45) is 6.62. The Labute approximate surface area is 148 Å². The van der Waals surface area contributed by atoms with Crippen LogP contribution in [0.15, 0.2) is 48.5 Å². The van der Waals surface area contributed by atoms with E-state index in [1.54, 1.807) is 0 Å². The van der Waals surface area contributed by atoms with Crippen molar-refractivity contribution in [2.45, 2.75) is 57.8 Å². The van der Waals surface area contributed by atoms with Crippen molar-refractivity contribution in [3.63, 3.8) is 0 Å². The van der Waals surface area contributed by atoms with Crippen LogP contribution in [-0.2, 0) is 6.42 Å². The van der Waals surface area contributed by atoms with Crippen LogP contribution >= 0.6 is 0 Å². The van der Waals surface area contributed by atoms with Gasteiger partial charge in [0.05, 0.1) is 11.6 Å². The number of aryl methyl sites for hydroxylation is 1. The topological polar surface area (TPSA) is 23.8 Å². The summed E-state index contributed by atoms with van der Waals surface area (Å²) >= 11 is 0. The molecule has 0 N–H and O–H groups in total. The van der Waals surface area contributed by atoms with E-state index < -0.39 is 8.07 Å². The molecule has 0 atom stereocenters. The average molecular weight is 336 g/mol. The predicted molar refractivity (Wildman–Crippen MR) is 107 cm³/mol. The quantitative estimate of drug-likeness (QED) is 0.390. The number of benzene rings is 2. The van der Waals surface area contributed by atoms with E-state index >= 15 is 0 Å². The van der Waals surface area contributed by atoms with Gasteiger partial charge in [-0.1, -0.05) is 81.3 Å². The zero-order valence-electron chi connectivity index (χ0n) is 15.3. The number of nitriles is 1. The lowest BCUT2D eigenvalue weighted by atomic mass is 10.0. The highest BCUT2D eigenvalue weighted by Gasteiger charge is 2.11. The number of hydrogen-bond acceptors (Lipinski definition) is 1. The maximum Gasteiger partial charge on any atom is 0.0991 e. The first-order valence-electron chi connectivity index (χ1n) is 9.07. The normalized spacial score (nSPS) is 11.2. The molecule has 0 unspecified atom stereocenters. The van der Waals surface area contributed by atoms with E-state index in [-0.39, 0.29) is 0 Å². The van der Waals surface area contributed by atoms with Gasteiger partial charge < -0.3 is 0 Å². The van der Waals surface area contributed by atoms with E-state index in [0.29, 0.717) is 5.56 Å². The molecule has 0 amide bonds. The molecule has 0 fully saturated rings. The van der Waals surface area contributed by atoms with E-state index in [1.165, 1.54) is 54.8 Å². The predicted octanol–water partition coefficient (Wildman–Crippen LogP) is 6.67. The monoisotopic (exact) mass is 335 g/mol. The number of nitrogens with zero attached hydrogens (tertiary/aromatic N) is 1. The van der Waals surface area contributed by atoms with Gasteiger partial charge in [-0.3, -0.25) is 0 Å². The Balaban J connectivity index is 1.77. The van der Waals surface area contributed by atoms with Gasteiger partial charge in [0.2, 0.25) is 0 Å². The Hall–Kier alpha value is -1.85. The first-order chi connectivity index (χ1) is 11.5. The minimum Gasteiger partial charge on any atom is -0.192 e. The number of hydrogen-bond donors (Lipinski definition) is 0. The zero-order valence-corrected chi connectivity index (χ0v) is 16.3. The third-order valence-electron chi connectivity index (χ3n) is 4.44. The molecule has 2 aromatic rings. The SMILES string of the molecule is C[Si](C)(C)CCCCCCc1ccc(-c2ccc(C#N)cc2)cc1. The highest BCUT2D eigenvalue weighted by atomic mass is 28.3. The van der Waals surface area contributed by atoms with E-state index in [1.807, 2.05) is 24.3 Å². The van der Waals surface area contributed by atoms with Crippen LogP contribution in [0.5, 0.6) is 0 Å². The fourth-order valence-corrected chi connectivity index (χ4v) is 4.25. The lowest BCUT2D eigenvalue weighted by Crippen LogP contribution is -2.18. The molecule has 1 nitrogen and oxygen atoms in total. The molecule has 24 heavy (non-hydrogen) atoms. The molecule has 0 saturated heterocycles. The molecule has 0 spiro atoms. The lowest BCUT2D eigenvalue weighted by Gasteiger charge is -2.14. The molecule has 0 aliphatic carbocycles. The van der Waals surface area contributed by atoms with Crippen molar-refractivity contribution in [1.29, 1.82) is 5.26 Å². The molecule has 2 rings (SSSR count). The largest absolute Gasteiger partial charge is 0.192 e. The van der Waals surface area contributed by atoms with Gasteiger partial charge in [0, 0.05) is 8.07 Å². The molecule has 0 heterocycles. The molecular formula is C22H29NSi. The summed E-state index contributed by atoms with van der Waals surface area (Å²) in [5.74, 6) is 0. The van der Waals surface area contributed by atoms with Crippen molar-refractivity contribution in [1.82, 2.24) is 0 Å². The lowest BCUT2D eigenvalue weighted by molar-refractivity contribution is 0.663. The summed E-state index contributed by atoms with van der Waals surface area (Å²) < 4.78 is 0. The van der Waals surface area contributed by atoms with Gasteiger partial charge in [-0.05, 0) is 41.7 Å². The van der Waals surface area contributed by atoms with E-state index in [2.05, 4.69) is 50.0 Å². The van der Waals surface area contributed by atoms with Crippen molar-refractivity contribution in [2.75, 3.05) is 0 Å². The van der Waals surface area contributed by atoms with Crippen LogP contribution < -0.4 is 0 Å². The minimum atomic E-state index is -0.844. The molecule has 0 aliphatic heterocycles. The highest BCUT2D eigenvalue weighted by Crippen LogP contribution is 2.21. The Morgan fingerprint density at radius 1 is 0.750 bits per heavy atom. The summed E-state index contributed by atoms with van der Waals surface area (Å²) in [4.78, 5) is 0. The fourth-order valence-electron chi connectivity index (χ4n) is 2.94. The van der Waals surface area contributed by atoms with E-state index in [0.717, 1.165) is 0 Å². The van der Waals surface area contributed by atoms with Gasteiger partial charge in [-0.2, -0.15) is 5.26 Å². The second kappa shape index (κ2) is 8.85. The minimum absolute atomic E-state index is 0.712. The standard InChI is InChI=1S/C22H29NSi/c1-24(2,3)17-7-5-4-6-8-19-9-13-21(14-10-19)22-15-11-20(18-23)12-16-22/h9-16H,4-8,17H2,1-3H3. The van der Waals surface area contributed by atoms with Crippen LogP contribution in [0, 0.1) is 11.3 Å². The molecule has 0 bridgehead atoms. The molecule has 0 saturated carbocycles. The summed E-state index contributed by atoms with van der Waals surface area (Å²) in [5.41, 5.74) is 4.53. The first kappa shape index (κ1) is 18.5. The van der Waals surface area contributed by atoms with Crippen molar-refractivity contribution in [2.24, 2.45) is 0 Å². The fraction of sp³-hybridized carbons (Fsp3) is 0.409. The van der Waals surface area contributed by atoms with Crippen LogP contribution in [0.3, 0.4) is 0 Å². The number of rotatable bonds is 8. The van der Waals surface area contributed by atoms with Gasteiger partial charge in [0.15, 0.2) is 0 Å². The third kappa shape index (κ3) is 6.33. The van der Waals surface area contributed by atoms with Crippen LogP contribution in [0.4, 0.5) is 0 Å². The maximum absolute atomic E-state index is 8.86. The number of unbranched alkanes of at least 4 members (excludes halogenated alkanes) is 3. The summed E-state index contributed by atoms with van der Waals surface area (Å²) in [6, 6.07) is 20.3. The molecule has 126 valence electrons. The molecule has 2 heteroatoms. The van der Waals surface area contributed by atoms with E-state index in [4.69, 9.17) is 5.26 Å². The second-order valence-electron chi connectivity index (χ2n) is 7.86. The Morgan fingerprint density at radius 2 is 1.29 bits per heavy atom. The zero-order chi connectivity index (χ0) is 17.4. The van der Waals surface area contributed by atoms with Crippen molar-refractivity contribution < 1.29 is 0 Å². The van der Waals surface area contributed by atoms with Gasteiger partial charge in [0.1, 0.15) is 0 Å². The van der Waals surface area contributed by atoms with Crippen LogP contribution in [0.2, 0.25) is 25.7 Å². The smallest absolute Gasteiger partial charge is 0.0991 e. The Kier molecular flexibility index (Phi) is 6.81. The van der Waals surface area contributed by atoms with Gasteiger partial charge >= 0.3 is 0 Å².